The number of amides is 1. The standard InChI is InChI=1S/C13H13N3O/c1-15-7-8-16-9-11(14-12(17)13(15)16)10-5-3-2-4-6-10/h2-9,13H,1H3,(H,14,17). The van der Waals surface area contributed by atoms with Crippen LogP contribution in [0.4, 0.5) is 0 Å². The quantitative estimate of drug-likeness (QED) is 0.782. The third kappa shape index (κ3) is 1.58. The molecule has 0 aromatic heterocycles. The third-order valence-corrected chi connectivity index (χ3v) is 3.00. The Hall–Kier alpha value is -2.23. The maximum atomic E-state index is 12.0. The fraction of sp³-hybridized carbons (Fsp3) is 0.154. The van der Waals surface area contributed by atoms with Gasteiger partial charge in [-0.2, -0.15) is 0 Å². The van der Waals surface area contributed by atoms with Crippen LogP contribution in [0.15, 0.2) is 48.9 Å². The summed E-state index contributed by atoms with van der Waals surface area (Å²) in [5.74, 6) is -0.00106. The van der Waals surface area contributed by atoms with Crippen LogP contribution < -0.4 is 5.32 Å². The normalized spacial score (nSPS) is 22.3. The van der Waals surface area contributed by atoms with Crippen LogP contribution in [0.25, 0.3) is 5.70 Å². The molecule has 2 aliphatic heterocycles. The molecule has 4 nitrogen and oxygen atoms in total. The Morgan fingerprint density at radius 3 is 2.71 bits per heavy atom. The number of nitrogens with zero attached hydrogens (tertiary/aromatic N) is 2. The highest BCUT2D eigenvalue weighted by Gasteiger charge is 2.33. The van der Waals surface area contributed by atoms with E-state index < -0.39 is 0 Å². The summed E-state index contributed by atoms with van der Waals surface area (Å²) in [6.45, 7) is 0. The van der Waals surface area contributed by atoms with Crippen molar-refractivity contribution in [3.05, 3.63) is 54.5 Å². The third-order valence-electron chi connectivity index (χ3n) is 3.00. The number of fused-ring (bicyclic) bond motifs is 1. The van der Waals surface area contributed by atoms with Crippen LogP contribution in [0, 0.1) is 0 Å². The van der Waals surface area contributed by atoms with Crippen LogP contribution in [0.1, 0.15) is 5.56 Å². The molecule has 0 bridgehead atoms. The predicted octanol–water partition coefficient (Wildman–Crippen LogP) is 1.16. The molecule has 0 fully saturated rings. The predicted molar refractivity (Wildman–Crippen MR) is 65.1 cm³/mol. The zero-order chi connectivity index (χ0) is 11.8. The summed E-state index contributed by atoms with van der Waals surface area (Å²) in [7, 11) is 1.89. The van der Waals surface area contributed by atoms with Crippen molar-refractivity contribution in [3.63, 3.8) is 0 Å². The van der Waals surface area contributed by atoms with Gasteiger partial charge < -0.3 is 15.1 Å². The van der Waals surface area contributed by atoms with Crippen LogP contribution in [0.5, 0.6) is 0 Å². The molecule has 1 atom stereocenters. The van der Waals surface area contributed by atoms with Gasteiger partial charge >= 0.3 is 0 Å². The lowest BCUT2D eigenvalue weighted by Crippen LogP contribution is -2.50. The topological polar surface area (TPSA) is 35.6 Å². The monoisotopic (exact) mass is 227 g/mol. The second kappa shape index (κ2) is 3.66. The van der Waals surface area contributed by atoms with Gasteiger partial charge in [-0.05, 0) is 5.56 Å². The first-order valence-corrected chi connectivity index (χ1v) is 5.51. The lowest BCUT2D eigenvalue weighted by Gasteiger charge is -2.31. The van der Waals surface area contributed by atoms with Crippen molar-refractivity contribution < 1.29 is 4.79 Å². The van der Waals surface area contributed by atoms with Gasteiger partial charge in [-0.15, -0.1) is 0 Å². The first kappa shape index (κ1) is 9.96. The van der Waals surface area contributed by atoms with E-state index in [-0.39, 0.29) is 12.1 Å². The summed E-state index contributed by atoms with van der Waals surface area (Å²) in [5.41, 5.74) is 1.86. The highest BCUT2D eigenvalue weighted by atomic mass is 16.2. The second-order valence-corrected chi connectivity index (χ2v) is 4.18. The Kier molecular flexibility index (Phi) is 2.14. The van der Waals surface area contributed by atoms with Crippen molar-refractivity contribution in [1.29, 1.82) is 0 Å². The van der Waals surface area contributed by atoms with Gasteiger partial charge in [-0.1, -0.05) is 30.3 Å². The van der Waals surface area contributed by atoms with Crippen molar-refractivity contribution >= 4 is 11.6 Å². The molecule has 1 N–H and O–H groups in total. The van der Waals surface area contributed by atoms with Crippen LogP contribution in [-0.2, 0) is 4.79 Å². The van der Waals surface area contributed by atoms with E-state index in [0.717, 1.165) is 11.3 Å². The summed E-state index contributed by atoms with van der Waals surface area (Å²) >= 11 is 0. The number of carbonyl (C=O) groups is 1. The van der Waals surface area contributed by atoms with E-state index in [4.69, 9.17) is 0 Å². The largest absolute Gasteiger partial charge is 0.351 e. The molecular formula is C13H13N3O. The van der Waals surface area contributed by atoms with E-state index in [9.17, 15) is 4.79 Å². The molecule has 2 heterocycles. The van der Waals surface area contributed by atoms with E-state index in [1.807, 2.05) is 65.8 Å². The summed E-state index contributed by atoms with van der Waals surface area (Å²) < 4.78 is 0. The van der Waals surface area contributed by atoms with Gasteiger partial charge in [-0.3, -0.25) is 4.79 Å². The Balaban J connectivity index is 1.97. The molecule has 1 aromatic rings. The molecule has 0 saturated carbocycles. The molecule has 86 valence electrons. The van der Waals surface area contributed by atoms with Gasteiger partial charge in [-0.25, -0.2) is 0 Å². The van der Waals surface area contributed by atoms with Crippen molar-refractivity contribution in [1.82, 2.24) is 15.1 Å². The number of likely N-dealkylation sites (N-methyl/N-ethyl adjacent to an activating group) is 1. The maximum Gasteiger partial charge on any atom is 0.268 e. The van der Waals surface area contributed by atoms with Crippen molar-refractivity contribution in [2.45, 2.75) is 6.17 Å². The molecular weight excluding hydrogens is 214 g/mol. The first-order valence-electron chi connectivity index (χ1n) is 5.51. The molecule has 0 radical (unpaired) electrons. The maximum absolute atomic E-state index is 12.0. The first-order chi connectivity index (χ1) is 8.25. The fourth-order valence-electron chi connectivity index (χ4n) is 2.13. The molecule has 17 heavy (non-hydrogen) atoms. The minimum atomic E-state index is -0.248. The number of rotatable bonds is 1. The Bertz CT molecular complexity index is 507. The zero-order valence-electron chi connectivity index (χ0n) is 9.50. The number of benzene rings is 1. The molecule has 0 aliphatic carbocycles. The molecule has 0 saturated heterocycles. The van der Waals surface area contributed by atoms with Crippen molar-refractivity contribution in [2.24, 2.45) is 0 Å². The Morgan fingerprint density at radius 2 is 1.94 bits per heavy atom. The molecule has 3 rings (SSSR count). The number of hydrogen-bond acceptors (Lipinski definition) is 3. The Labute approximate surface area is 99.8 Å². The van der Waals surface area contributed by atoms with Crippen LogP contribution >= 0.6 is 0 Å². The van der Waals surface area contributed by atoms with Crippen LogP contribution in [0.2, 0.25) is 0 Å². The molecule has 1 aromatic carbocycles. The summed E-state index contributed by atoms with van der Waals surface area (Å²) in [6, 6.07) is 9.84. The van der Waals surface area contributed by atoms with Crippen LogP contribution in [-0.4, -0.2) is 28.9 Å². The Morgan fingerprint density at radius 1 is 1.18 bits per heavy atom. The van der Waals surface area contributed by atoms with E-state index in [1.165, 1.54) is 0 Å². The molecule has 0 spiro atoms. The summed E-state index contributed by atoms with van der Waals surface area (Å²) in [4.78, 5) is 15.8. The van der Waals surface area contributed by atoms with Gasteiger partial charge in [0, 0.05) is 25.6 Å². The lowest BCUT2D eigenvalue weighted by molar-refractivity contribution is -0.127. The highest BCUT2D eigenvalue weighted by molar-refractivity contribution is 5.92. The number of hydrogen-bond donors (Lipinski definition) is 1. The van der Waals surface area contributed by atoms with Gasteiger partial charge in [0.05, 0.1) is 5.70 Å². The summed E-state index contributed by atoms with van der Waals surface area (Å²) in [5, 5.41) is 2.93. The van der Waals surface area contributed by atoms with E-state index in [2.05, 4.69) is 5.32 Å². The minimum absolute atomic E-state index is 0.00106. The number of nitrogens with one attached hydrogen (secondary N) is 1. The van der Waals surface area contributed by atoms with E-state index in [1.54, 1.807) is 0 Å². The average Bonchev–Trinajstić information content (AvgIpc) is 2.73. The second-order valence-electron chi connectivity index (χ2n) is 4.18. The van der Waals surface area contributed by atoms with E-state index in [0.29, 0.717) is 0 Å². The fourth-order valence-corrected chi connectivity index (χ4v) is 2.13. The SMILES string of the molecule is CN1C=CN2C=C(c3ccccc3)NC(=O)C12. The van der Waals surface area contributed by atoms with Crippen molar-refractivity contribution in [3.8, 4) is 0 Å². The van der Waals surface area contributed by atoms with Gasteiger partial charge in [0.1, 0.15) is 0 Å². The molecule has 2 aliphatic rings. The lowest BCUT2D eigenvalue weighted by atomic mass is 10.1. The van der Waals surface area contributed by atoms with Gasteiger partial charge in [0.2, 0.25) is 0 Å². The molecule has 1 amide bonds. The average molecular weight is 227 g/mol. The highest BCUT2D eigenvalue weighted by Crippen LogP contribution is 2.23. The van der Waals surface area contributed by atoms with Crippen molar-refractivity contribution in [2.75, 3.05) is 7.05 Å². The molecule has 1 unspecified atom stereocenters. The minimum Gasteiger partial charge on any atom is -0.351 e. The van der Waals surface area contributed by atoms with Gasteiger partial charge in [0.25, 0.3) is 5.91 Å². The summed E-state index contributed by atoms with van der Waals surface area (Å²) in [6.07, 6.45) is 5.52. The molecule has 4 heteroatoms. The van der Waals surface area contributed by atoms with Crippen LogP contribution in [0.3, 0.4) is 0 Å². The number of carbonyl (C=O) groups excluding carboxylic acids is 1. The van der Waals surface area contributed by atoms with Gasteiger partial charge in [0.15, 0.2) is 6.17 Å². The zero-order valence-corrected chi connectivity index (χ0v) is 9.50. The smallest absolute Gasteiger partial charge is 0.268 e. The van der Waals surface area contributed by atoms with E-state index >= 15 is 0 Å².